The maximum absolute atomic E-state index is 4.05. The third-order valence-electron chi connectivity index (χ3n) is 2.90. The van der Waals surface area contributed by atoms with Gasteiger partial charge in [0.2, 0.25) is 0 Å². The van der Waals surface area contributed by atoms with E-state index in [1.54, 1.807) is 0 Å². The van der Waals surface area contributed by atoms with Crippen LogP contribution in [-0.4, -0.2) is 22.0 Å². The van der Waals surface area contributed by atoms with Gasteiger partial charge in [0.1, 0.15) is 0 Å². The zero-order valence-corrected chi connectivity index (χ0v) is 15.9. The Labute approximate surface area is 130 Å². The van der Waals surface area contributed by atoms with E-state index < -0.39 is 4.01 Å². The van der Waals surface area contributed by atoms with E-state index >= 15 is 0 Å². The summed E-state index contributed by atoms with van der Waals surface area (Å²) in [7, 11) is 0. The number of rotatable bonds is 2. The summed E-state index contributed by atoms with van der Waals surface area (Å²) >= 11 is 15.6. The van der Waals surface area contributed by atoms with Gasteiger partial charge in [0.05, 0.1) is 0 Å². The number of hydrogen-bond acceptors (Lipinski definition) is 0. The molecule has 16 heavy (non-hydrogen) atoms. The molecule has 0 N–H and O–H groups in total. The first-order valence-corrected chi connectivity index (χ1v) is 13.8. The summed E-state index contributed by atoms with van der Waals surface area (Å²) in [4.78, 5) is 1.13. The first-order chi connectivity index (χ1) is 7.37. The monoisotopic (exact) mass is 492 g/mol. The van der Waals surface area contributed by atoms with Crippen molar-refractivity contribution < 1.29 is 0 Å². The predicted octanol–water partition coefficient (Wildman–Crippen LogP) is 5.90. The van der Waals surface area contributed by atoms with Crippen molar-refractivity contribution in [2.24, 2.45) is 0 Å². The molecular formula is C11H13Br4P. The third kappa shape index (κ3) is 3.32. The molecule has 0 radical (unpaired) electrons. The summed E-state index contributed by atoms with van der Waals surface area (Å²) in [5.74, 6) is 0. The van der Waals surface area contributed by atoms with Gasteiger partial charge in [-0.1, -0.05) is 0 Å². The molecule has 0 bridgehead atoms. The molecule has 2 unspecified atom stereocenters. The zero-order chi connectivity index (χ0) is 11.8. The van der Waals surface area contributed by atoms with Crippen LogP contribution in [0.15, 0.2) is 30.3 Å². The molecule has 1 aliphatic heterocycles. The summed E-state index contributed by atoms with van der Waals surface area (Å²) in [6.07, 6.45) is 3.50. The molecule has 0 saturated carbocycles. The van der Waals surface area contributed by atoms with Crippen LogP contribution in [0.1, 0.15) is 5.56 Å². The topological polar surface area (TPSA) is 0 Å². The normalized spacial score (nSPS) is 34.1. The molecular weight excluding hydrogens is 483 g/mol. The predicted molar refractivity (Wildman–Crippen MR) is 90.1 cm³/mol. The van der Waals surface area contributed by atoms with Crippen LogP contribution in [-0.2, 0) is 6.16 Å². The quantitative estimate of drug-likeness (QED) is 0.354. The average Bonchev–Trinajstić information content (AvgIpc) is 2.37. The molecule has 90 valence electrons. The van der Waals surface area contributed by atoms with Gasteiger partial charge < -0.3 is 0 Å². The van der Waals surface area contributed by atoms with Crippen molar-refractivity contribution in [3.63, 3.8) is 0 Å². The molecule has 1 aromatic carbocycles. The van der Waals surface area contributed by atoms with E-state index in [-0.39, 0.29) is 0 Å². The van der Waals surface area contributed by atoms with Gasteiger partial charge >= 0.3 is 131 Å². The molecule has 0 aromatic heterocycles. The van der Waals surface area contributed by atoms with Crippen LogP contribution < -0.4 is 0 Å². The van der Waals surface area contributed by atoms with E-state index in [0.717, 1.165) is 6.16 Å². The summed E-state index contributed by atoms with van der Waals surface area (Å²) in [5.41, 5.74) is 1.41. The van der Waals surface area contributed by atoms with Crippen molar-refractivity contribution in [3.8, 4) is 0 Å². The standard InChI is InChI=1S/C11H13Br4P/c12-10-7-16(14,15,8-11(10)13)6-9-4-2-1-3-5-9/h1-5,10-11H,6-8H2. The van der Waals surface area contributed by atoms with E-state index in [1.165, 1.54) is 17.9 Å². The molecule has 1 saturated heterocycles. The van der Waals surface area contributed by atoms with Crippen LogP contribution in [0.3, 0.4) is 0 Å². The van der Waals surface area contributed by atoms with Gasteiger partial charge in [0.25, 0.3) is 0 Å². The fourth-order valence-corrected chi connectivity index (χ4v) is 20.9. The fourth-order valence-electron chi connectivity index (χ4n) is 2.17. The maximum atomic E-state index is 4.05. The Morgan fingerprint density at radius 3 is 2.00 bits per heavy atom. The molecule has 0 amide bonds. The van der Waals surface area contributed by atoms with Crippen LogP contribution in [0, 0.1) is 0 Å². The second-order valence-electron chi connectivity index (χ2n) is 4.49. The van der Waals surface area contributed by atoms with Gasteiger partial charge in [-0.3, -0.25) is 0 Å². The van der Waals surface area contributed by atoms with Gasteiger partial charge in [0, 0.05) is 0 Å². The number of halogens is 4. The second-order valence-corrected chi connectivity index (χ2v) is 24.8. The summed E-state index contributed by atoms with van der Waals surface area (Å²) in [6, 6.07) is 10.7. The van der Waals surface area contributed by atoms with Crippen molar-refractivity contribution in [2.45, 2.75) is 15.8 Å². The third-order valence-corrected chi connectivity index (χ3v) is 14.9. The van der Waals surface area contributed by atoms with E-state index in [9.17, 15) is 0 Å². The van der Waals surface area contributed by atoms with E-state index in [1.807, 2.05) is 0 Å². The molecule has 1 aromatic rings. The minimum atomic E-state index is -1.90. The number of benzene rings is 1. The van der Waals surface area contributed by atoms with Gasteiger partial charge in [-0.05, 0) is 0 Å². The zero-order valence-electron chi connectivity index (χ0n) is 8.62. The van der Waals surface area contributed by atoms with Crippen LogP contribution in [0.25, 0.3) is 0 Å². The van der Waals surface area contributed by atoms with Crippen molar-refractivity contribution in [1.82, 2.24) is 0 Å². The molecule has 2 rings (SSSR count). The van der Waals surface area contributed by atoms with Gasteiger partial charge in [-0.2, -0.15) is 0 Å². The fraction of sp³-hybridized carbons (Fsp3) is 0.455. The summed E-state index contributed by atoms with van der Waals surface area (Å²) < 4.78 is -1.90. The molecule has 0 nitrogen and oxygen atoms in total. The first kappa shape index (κ1) is 14.0. The average molecular weight is 496 g/mol. The van der Waals surface area contributed by atoms with Gasteiger partial charge in [-0.15, -0.1) is 0 Å². The first-order valence-electron chi connectivity index (χ1n) is 5.14. The van der Waals surface area contributed by atoms with Crippen LogP contribution in [0.2, 0.25) is 0 Å². The van der Waals surface area contributed by atoms with E-state index in [2.05, 4.69) is 93.2 Å². The molecule has 1 aliphatic rings. The van der Waals surface area contributed by atoms with Crippen molar-refractivity contribution >= 4 is 66.8 Å². The minimum absolute atomic E-state index is 0.563. The Bertz CT molecular complexity index is 365. The summed E-state index contributed by atoms with van der Waals surface area (Å²) in [5, 5.41) is 0. The Kier molecular flexibility index (Phi) is 4.30. The van der Waals surface area contributed by atoms with Crippen molar-refractivity contribution in [1.29, 1.82) is 0 Å². The number of alkyl halides is 2. The van der Waals surface area contributed by atoms with Crippen LogP contribution in [0.4, 0.5) is 0 Å². The van der Waals surface area contributed by atoms with Gasteiger partial charge in [0.15, 0.2) is 0 Å². The summed E-state index contributed by atoms with van der Waals surface area (Å²) in [6.45, 7) is 0. The Balaban J connectivity index is 2.20. The van der Waals surface area contributed by atoms with Crippen molar-refractivity contribution in [2.75, 3.05) is 12.3 Å². The Morgan fingerprint density at radius 1 is 1.00 bits per heavy atom. The Hall–Kier alpha value is 1.57. The van der Waals surface area contributed by atoms with Gasteiger partial charge in [-0.25, -0.2) is 0 Å². The molecule has 5 heteroatoms. The van der Waals surface area contributed by atoms with E-state index in [4.69, 9.17) is 0 Å². The number of hydrogen-bond donors (Lipinski definition) is 0. The molecule has 1 fully saturated rings. The molecule has 2 atom stereocenters. The SMILES string of the molecule is BrC1CP(Br)(Br)(Cc2ccccc2)CC1Br. The van der Waals surface area contributed by atoms with Crippen LogP contribution in [0.5, 0.6) is 0 Å². The van der Waals surface area contributed by atoms with E-state index in [0.29, 0.717) is 9.65 Å². The van der Waals surface area contributed by atoms with Crippen LogP contribution >= 0.6 is 66.8 Å². The molecule has 0 spiro atoms. The molecule has 1 heterocycles. The second kappa shape index (κ2) is 4.92. The Morgan fingerprint density at radius 2 is 1.50 bits per heavy atom. The molecule has 0 aliphatic carbocycles. The van der Waals surface area contributed by atoms with Crippen molar-refractivity contribution in [3.05, 3.63) is 35.9 Å².